The average Bonchev–Trinajstić information content (AvgIpc) is 2.27. The van der Waals surface area contributed by atoms with E-state index in [1.54, 1.807) is 18.3 Å². The van der Waals surface area contributed by atoms with E-state index in [2.05, 4.69) is 10.3 Å². The van der Waals surface area contributed by atoms with Crippen molar-refractivity contribution in [3.8, 4) is 0 Å². The first-order chi connectivity index (χ1) is 8.56. The molecule has 0 bridgehead atoms. The minimum Gasteiger partial charge on any atom is -0.481 e. The van der Waals surface area contributed by atoms with Gasteiger partial charge in [-0.15, -0.1) is 0 Å². The van der Waals surface area contributed by atoms with Crippen LogP contribution in [0.15, 0.2) is 30.5 Å². The summed E-state index contributed by atoms with van der Waals surface area (Å²) in [6, 6.07) is 7.13. The molecule has 2 aromatic rings. The van der Waals surface area contributed by atoms with Crippen molar-refractivity contribution in [2.75, 3.05) is 5.32 Å². The lowest BCUT2D eigenvalue weighted by atomic mass is 10.1. The predicted octanol–water partition coefficient (Wildman–Crippen LogP) is 3.16. The quantitative estimate of drug-likeness (QED) is 0.890. The third-order valence-corrected chi connectivity index (χ3v) is 2.82. The van der Waals surface area contributed by atoms with Gasteiger partial charge in [-0.2, -0.15) is 0 Å². The van der Waals surface area contributed by atoms with E-state index in [0.29, 0.717) is 5.02 Å². The van der Waals surface area contributed by atoms with E-state index in [-0.39, 0.29) is 12.5 Å². The number of pyridine rings is 1. The second-order valence-electron chi connectivity index (χ2n) is 4.16. The van der Waals surface area contributed by atoms with Crippen LogP contribution in [-0.2, 0) is 4.79 Å². The van der Waals surface area contributed by atoms with Gasteiger partial charge in [-0.25, -0.2) is 0 Å². The summed E-state index contributed by atoms with van der Waals surface area (Å²) in [6.07, 6.45) is 1.74. The van der Waals surface area contributed by atoms with Crippen LogP contribution in [0.5, 0.6) is 0 Å². The summed E-state index contributed by atoms with van der Waals surface area (Å²) in [7, 11) is 0. The molecule has 1 aromatic heterocycles. The van der Waals surface area contributed by atoms with Gasteiger partial charge in [0.2, 0.25) is 0 Å². The third kappa shape index (κ3) is 2.90. The lowest BCUT2D eigenvalue weighted by Crippen LogP contribution is -2.19. The molecule has 1 aromatic carbocycles. The Labute approximate surface area is 110 Å². The van der Waals surface area contributed by atoms with Gasteiger partial charge in [0.05, 0.1) is 11.9 Å². The average molecular weight is 265 g/mol. The number of aromatic nitrogens is 1. The van der Waals surface area contributed by atoms with Crippen LogP contribution in [0.25, 0.3) is 10.9 Å². The standard InChI is InChI=1S/C13H13ClN2O2/c1-8(6-13(17)18)16-11-4-5-15-12-7-9(14)2-3-10(11)12/h2-5,7-8H,6H2,1H3,(H,15,16)(H,17,18). The minimum absolute atomic E-state index is 0.0669. The second kappa shape index (κ2) is 5.23. The molecule has 5 heteroatoms. The summed E-state index contributed by atoms with van der Waals surface area (Å²) < 4.78 is 0. The lowest BCUT2D eigenvalue weighted by Gasteiger charge is -2.14. The molecule has 0 aliphatic heterocycles. The lowest BCUT2D eigenvalue weighted by molar-refractivity contribution is -0.137. The van der Waals surface area contributed by atoms with Crippen molar-refractivity contribution in [3.63, 3.8) is 0 Å². The molecule has 94 valence electrons. The smallest absolute Gasteiger partial charge is 0.305 e. The number of nitrogens with zero attached hydrogens (tertiary/aromatic N) is 1. The van der Waals surface area contributed by atoms with Gasteiger partial charge >= 0.3 is 5.97 Å². The maximum absolute atomic E-state index is 10.6. The van der Waals surface area contributed by atoms with Crippen LogP contribution in [0, 0.1) is 0 Å². The topological polar surface area (TPSA) is 62.2 Å². The highest BCUT2D eigenvalue weighted by molar-refractivity contribution is 6.31. The van der Waals surface area contributed by atoms with Crippen LogP contribution < -0.4 is 5.32 Å². The first-order valence-corrected chi connectivity index (χ1v) is 5.96. The number of carboxylic acids is 1. The highest BCUT2D eigenvalue weighted by atomic mass is 35.5. The van der Waals surface area contributed by atoms with Crippen molar-refractivity contribution >= 4 is 34.2 Å². The number of benzene rings is 1. The van der Waals surface area contributed by atoms with Crippen molar-refractivity contribution < 1.29 is 9.90 Å². The van der Waals surface area contributed by atoms with Gasteiger partial charge in [-0.3, -0.25) is 9.78 Å². The third-order valence-electron chi connectivity index (χ3n) is 2.59. The molecule has 0 saturated heterocycles. The Bertz CT molecular complexity index is 586. The minimum atomic E-state index is -0.823. The number of hydrogen-bond acceptors (Lipinski definition) is 3. The first-order valence-electron chi connectivity index (χ1n) is 5.59. The number of fused-ring (bicyclic) bond motifs is 1. The molecule has 4 nitrogen and oxygen atoms in total. The van der Waals surface area contributed by atoms with Crippen LogP contribution in [0.3, 0.4) is 0 Å². The number of anilines is 1. The molecule has 0 aliphatic rings. The molecule has 2 N–H and O–H groups in total. The number of hydrogen-bond donors (Lipinski definition) is 2. The molecule has 0 radical (unpaired) electrons. The van der Waals surface area contributed by atoms with Crippen LogP contribution >= 0.6 is 11.6 Å². The molecule has 0 saturated carbocycles. The predicted molar refractivity (Wildman–Crippen MR) is 72.1 cm³/mol. The van der Waals surface area contributed by atoms with Gasteiger partial charge < -0.3 is 10.4 Å². The highest BCUT2D eigenvalue weighted by Crippen LogP contribution is 2.25. The van der Waals surface area contributed by atoms with Gasteiger partial charge in [-0.05, 0) is 31.2 Å². The fourth-order valence-corrected chi connectivity index (χ4v) is 1.99. The molecule has 18 heavy (non-hydrogen) atoms. The number of rotatable bonds is 4. The number of aliphatic carboxylic acids is 1. The Morgan fingerprint density at radius 2 is 2.28 bits per heavy atom. The number of halogens is 1. The van der Waals surface area contributed by atoms with Crippen molar-refractivity contribution in [1.29, 1.82) is 0 Å². The number of carbonyl (C=O) groups is 1. The zero-order valence-corrected chi connectivity index (χ0v) is 10.6. The summed E-state index contributed by atoms with van der Waals surface area (Å²) >= 11 is 5.91. The Kier molecular flexibility index (Phi) is 3.67. The molecule has 0 aliphatic carbocycles. The summed E-state index contributed by atoms with van der Waals surface area (Å²) in [5.41, 5.74) is 1.65. The fourth-order valence-electron chi connectivity index (χ4n) is 1.83. The normalized spacial score (nSPS) is 12.3. The van der Waals surface area contributed by atoms with Gasteiger partial charge in [-0.1, -0.05) is 11.6 Å². The molecule has 0 fully saturated rings. The van der Waals surface area contributed by atoms with E-state index in [4.69, 9.17) is 16.7 Å². The van der Waals surface area contributed by atoms with E-state index >= 15 is 0 Å². The largest absolute Gasteiger partial charge is 0.481 e. The Balaban J connectivity index is 2.30. The van der Waals surface area contributed by atoms with E-state index < -0.39 is 5.97 Å². The van der Waals surface area contributed by atoms with Crippen LogP contribution in [0.4, 0.5) is 5.69 Å². The second-order valence-corrected chi connectivity index (χ2v) is 4.60. The molecular formula is C13H13ClN2O2. The van der Waals surface area contributed by atoms with Crippen LogP contribution in [-0.4, -0.2) is 22.1 Å². The van der Waals surface area contributed by atoms with Gasteiger partial charge in [0.1, 0.15) is 0 Å². The number of carboxylic acid groups (broad SMARTS) is 1. The molecular weight excluding hydrogens is 252 g/mol. The van der Waals surface area contributed by atoms with Crippen LogP contribution in [0.1, 0.15) is 13.3 Å². The molecule has 1 atom stereocenters. The van der Waals surface area contributed by atoms with Crippen molar-refractivity contribution in [1.82, 2.24) is 4.98 Å². The first kappa shape index (κ1) is 12.6. The van der Waals surface area contributed by atoms with E-state index in [0.717, 1.165) is 16.6 Å². The maximum atomic E-state index is 10.6. The molecule has 2 rings (SSSR count). The molecule has 1 heterocycles. The van der Waals surface area contributed by atoms with Gasteiger partial charge in [0.25, 0.3) is 0 Å². The van der Waals surface area contributed by atoms with Gasteiger partial charge in [0.15, 0.2) is 0 Å². The SMILES string of the molecule is CC(CC(=O)O)Nc1ccnc2cc(Cl)ccc12. The zero-order valence-electron chi connectivity index (χ0n) is 9.85. The van der Waals surface area contributed by atoms with Crippen molar-refractivity contribution in [3.05, 3.63) is 35.5 Å². The highest BCUT2D eigenvalue weighted by Gasteiger charge is 2.09. The monoisotopic (exact) mass is 264 g/mol. The Hall–Kier alpha value is -1.81. The van der Waals surface area contributed by atoms with E-state index in [1.807, 2.05) is 19.1 Å². The van der Waals surface area contributed by atoms with E-state index in [1.165, 1.54) is 0 Å². The summed E-state index contributed by atoms with van der Waals surface area (Å²) in [4.78, 5) is 14.9. The van der Waals surface area contributed by atoms with Crippen LogP contribution in [0.2, 0.25) is 5.02 Å². The Morgan fingerprint density at radius 3 is 3.00 bits per heavy atom. The molecule has 1 unspecified atom stereocenters. The fraction of sp³-hybridized carbons (Fsp3) is 0.231. The molecule has 0 spiro atoms. The molecule has 0 amide bonds. The summed E-state index contributed by atoms with van der Waals surface area (Å²) in [5, 5.41) is 13.5. The van der Waals surface area contributed by atoms with Crippen molar-refractivity contribution in [2.45, 2.75) is 19.4 Å². The Morgan fingerprint density at radius 1 is 1.50 bits per heavy atom. The maximum Gasteiger partial charge on any atom is 0.305 e. The summed E-state index contributed by atoms with van der Waals surface area (Å²) in [5.74, 6) is -0.823. The summed E-state index contributed by atoms with van der Waals surface area (Å²) in [6.45, 7) is 1.83. The zero-order chi connectivity index (χ0) is 13.1. The van der Waals surface area contributed by atoms with Gasteiger partial charge in [0, 0.05) is 28.3 Å². The van der Waals surface area contributed by atoms with Crippen molar-refractivity contribution in [2.24, 2.45) is 0 Å². The van der Waals surface area contributed by atoms with E-state index in [9.17, 15) is 4.79 Å². The number of nitrogens with one attached hydrogen (secondary N) is 1.